The minimum atomic E-state index is -0.107. The van der Waals surface area contributed by atoms with Crippen LogP contribution < -0.4 is 5.32 Å². The predicted molar refractivity (Wildman–Crippen MR) is 67.1 cm³/mol. The molecule has 0 amide bonds. The van der Waals surface area contributed by atoms with Gasteiger partial charge in [-0.15, -0.1) is 0 Å². The lowest BCUT2D eigenvalue weighted by atomic mass is 10.0. The Bertz CT molecular complexity index is 514. The highest BCUT2D eigenvalue weighted by molar-refractivity contribution is 5.11. The summed E-state index contributed by atoms with van der Waals surface area (Å²) >= 11 is 0. The zero-order chi connectivity index (χ0) is 13.2. The topological polar surface area (TPSA) is 68.8 Å². The molecule has 0 saturated heterocycles. The van der Waals surface area contributed by atoms with E-state index in [0.29, 0.717) is 5.89 Å². The van der Waals surface area contributed by atoms with E-state index in [1.165, 1.54) is 0 Å². The van der Waals surface area contributed by atoms with Crippen LogP contribution in [-0.2, 0) is 18.5 Å². The Kier molecular flexibility index (Phi) is 3.47. The van der Waals surface area contributed by atoms with E-state index in [9.17, 15) is 0 Å². The summed E-state index contributed by atoms with van der Waals surface area (Å²) in [5.74, 6) is 1.33. The van der Waals surface area contributed by atoms with Gasteiger partial charge in [0.15, 0.2) is 5.82 Å². The molecule has 0 unspecified atom stereocenters. The van der Waals surface area contributed by atoms with E-state index in [-0.39, 0.29) is 5.54 Å². The second-order valence-electron chi connectivity index (χ2n) is 4.83. The molecule has 0 atom stereocenters. The number of hydrogen-bond donors (Lipinski definition) is 1. The molecule has 1 N–H and O–H groups in total. The molecule has 6 heteroatoms. The molecular formula is C12H19N5O. The van der Waals surface area contributed by atoms with Crippen LogP contribution in [0.5, 0.6) is 0 Å². The molecule has 2 aromatic rings. The molecule has 0 radical (unpaired) electrons. The van der Waals surface area contributed by atoms with Gasteiger partial charge in [0, 0.05) is 26.1 Å². The molecule has 0 spiro atoms. The first-order valence-electron chi connectivity index (χ1n) is 6.01. The van der Waals surface area contributed by atoms with Gasteiger partial charge in [-0.3, -0.25) is 0 Å². The van der Waals surface area contributed by atoms with Gasteiger partial charge in [0.2, 0.25) is 5.89 Å². The maximum atomic E-state index is 4.95. The summed E-state index contributed by atoms with van der Waals surface area (Å²) in [4.78, 5) is 8.41. The Morgan fingerprint density at radius 1 is 1.44 bits per heavy atom. The fourth-order valence-electron chi connectivity index (χ4n) is 1.81. The fraction of sp³-hybridized carbons (Fsp3) is 0.583. The van der Waals surface area contributed by atoms with Crippen molar-refractivity contribution in [2.75, 3.05) is 7.05 Å². The van der Waals surface area contributed by atoms with Crippen LogP contribution >= 0.6 is 0 Å². The molecule has 0 aliphatic heterocycles. The molecule has 18 heavy (non-hydrogen) atoms. The first kappa shape index (κ1) is 12.8. The van der Waals surface area contributed by atoms with E-state index in [4.69, 9.17) is 4.52 Å². The number of rotatable bonds is 5. The van der Waals surface area contributed by atoms with Gasteiger partial charge in [-0.2, -0.15) is 4.98 Å². The SMILES string of the molecule is CNC(C)(C)c1cncn1CCc1noc(C)n1. The summed E-state index contributed by atoms with van der Waals surface area (Å²) in [6, 6.07) is 0. The molecule has 0 aromatic carbocycles. The average molecular weight is 249 g/mol. The lowest BCUT2D eigenvalue weighted by Crippen LogP contribution is -2.35. The fourth-order valence-corrected chi connectivity index (χ4v) is 1.81. The van der Waals surface area contributed by atoms with E-state index in [1.54, 1.807) is 6.92 Å². The van der Waals surface area contributed by atoms with Crippen molar-refractivity contribution in [3.63, 3.8) is 0 Å². The highest BCUT2D eigenvalue weighted by Crippen LogP contribution is 2.19. The second kappa shape index (κ2) is 4.89. The third-order valence-corrected chi connectivity index (χ3v) is 3.12. The van der Waals surface area contributed by atoms with Gasteiger partial charge in [0.25, 0.3) is 0 Å². The van der Waals surface area contributed by atoms with E-state index in [1.807, 2.05) is 19.6 Å². The minimum absolute atomic E-state index is 0.107. The number of imidazole rings is 1. The van der Waals surface area contributed by atoms with Gasteiger partial charge in [-0.1, -0.05) is 5.16 Å². The Hall–Kier alpha value is -1.69. The lowest BCUT2D eigenvalue weighted by Gasteiger charge is -2.25. The van der Waals surface area contributed by atoms with Crippen LogP contribution in [-0.4, -0.2) is 26.7 Å². The van der Waals surface area contributed by atoms with Gasteiger partial charge in [0.05, 0.1) is 17.6 Å². The number of nitrogens with zero attached hydrogens (tertiary/aromatic N) is 4. The first-order valence-corrected chi connectivity index (χ1v) is 6.01. The minimum Gasteiger partial charge on any atom is -0.340 e. The largest absolute Gasteiger partial charge is 0.340 e. The summed E-state index contributed by atoms with van der Waals surface area (Å²) in [5, 5.41) is 7.17. The smallest absolute Gasteiger partial charge is 0.223 e. The van der Waals surface area contributed by atoms with Gasteiger partial charge in [0.1, 0.15) is 0 Å². The molecule has 0 saturated carbocycles. The molecule has 2 rings (SSSR count). The van der Waals surface area contributed by atoms with E-state index >= 15 is 0 Å². The van der Waals surface area contributed by atoms with Crippen molar-refractivity contribution in [3.8, 4) is 0 Å². The van der Waals surface area contributed by atoms with Gasteiger partial charge >= 0.3 is 0 Å². The number of hydrogen-bond acceptors (Lipinski definition) is 5. The molecule has 2 aromatic heterocycles. The summed E-state index contributed by atoms with van der Waals surface area (Å²) < 4.78 is 7.07. The molecule has 0 aliphatic carbocycles. The van der Waals surface area contributed by atoms with Crippen LogP contribution in [0, 0.1) is 6.92 Å². The molecule has 6 nitrogen and oxygen atoms in total. The quantitative estimate of drug-likeness (QED) is 0.864. The summed E-state index contributed by atoms with van der Waals surface area (Å²) in [5.41, 5.74) is 1.04. The molecule has 0 fully saturated rings. The maximum Gasteiger partial charge on any atom is 0.223 e. The third-order valence-electron chi connectivity index (χ3n) is 3.12. The normalized spacial score (nSPS) is 12.0. The monoisotopic (exact) mass is 249 g/mol. The van der Waals surface area contributed by atoms with Gasteiger partial charge in [-0.05, 0) is 20.9 Å². The first-order chi connectivity index (χ1) is 8.53. The summed E-state index contributed by atoms with van der Waals surface area (Å²) in [7, 11) is 1.94. The van der Waals surface area contributed by atoms with Crippen LogP contribution in [0.3, 0.4) is 0 Å². The van der Waals surface area contributed by atoms with E-state index in [0.717, 1.165) is 24.5 Å². The highest BCUT2D eigenvalue weighted by Gasteiger charge is 2.22. The average Bonchev–Trinajstić information content (AvgIpc) is 2.95. The van der Waals surface area contributed by atoms with Crippen LogP contribution in [0.15, 0.2) is 17.0 Å². The Morgan fingerprint density at radius 3 is 2.83 bits per heavy atom. The third kappa shape index (κ3) is 2.59. The zero-order valence-corrected chi connectivity index (χ0v) is 11.3. The molecular weight excluding hydrogens is 230 g/mol. The van der Waals surface area contributed by atoms with Crippen LogP contribution in [0.4, 0.5) is 0 Å². The molecule has 98 valence electrons. The Balaban J connectivity index is 2.09. The second-order valence-corrected chi connectivity index (χ2v) is 4.83. The summed E-state index contributed by atoms with van der Waals surface area (Å²) in [6.07, 6.45) is 4.46. The van der Waals surface area contributed by atoms with Crippen molar-refractivity contribution in [1.82, 2.24) is 25.0 Å². The van der Waals surface area contributed by atoms with E-state index in [2.05, 4.69) is 38.9 Å². The van der Waals surface area contributed by atoms with Crippen LogP contribution in [0.2, 0.25) is 0 Å². The standard InChI is InChI=1S/C12H19N5O/c1-9-15-11(16-18-9)5-6-17-8-14-7-10(17)12(2,3)13-4/h7-8,13H,5-6H2,1-4H3. The number of aryl methyl sites for hydroxylation is 3. The number of nitrogens with one attached hydrogen (secondary N) is 1. The van der Waals surface area contributed by atoms with Crippen molar-refractivity contribution < 1.29 is 4.52 Å². The predicted octanol–water partition coefficient (Wildman–Crippen LogP) is 1.27. The van der Waals surface area contributed by atoms with Crippen molar-refractivity contribution in [2.45, 2.75) is 39.3 Å². The van der Waals surface area contributed by atoms with Crippen LogP contribution in [0.25, 0.3) is 0 Å². The van der Waals surface area contributed by atoms with Crippen molar-refractivity contribution in [3.05, 3.63) is 29.9 Å². The highest BCUT2D eigenvalue weighted by atomic mass is 16.5. The van der Waals surface area contributed by atoms with E-state index < -0.39 is 0 Å². The number of aromatic nitrogens is 4. The van der Waals surface area contributed by atoms with Crippen molar-refractivity contribution in [1.29, 1.82) is 0 Å². The van der Waals surface area contributed by atoms with Gasteiger partial charge in [-0.25, -0.2) is 4.98 Å². The van der Waals surface area contributed by atoms with Crippen LogP contribution in [0.1, 0.15) is 31.3 Å². The van der Waals surface area contributed by atoms with Crippen molar-refractivity contribution >= 4 is 0 Å². The summed E-state index contributed by atoms with van der Waals surface area (Å²) in [6.45, 7) is 6.83. The Labute approximate surface area is 106 Å². The Morgan fingerprint density at radius 2 is 2.22 bits per heavy atom. The maximum absolute atomic E-state index is 4.95. The molecule has 0 aliphatic rings. The van der Waals surface area contributed by atoms with Crippen molar-refractivity contribution in [2.24, 2.45) is 0 Å². The zero-order valence-electron chi connectivity index (χ0n) is 11.3. The molecule has 2 heterocycles. The lowest BCUT2D eigenvalue weighted by molar-refractivity contribution is 0.383. The van der Waals surface area contributed by atoms with Gasteiger partial charge < -0.3 is 14.4 Å². The molecule has 0 bridgehead atoms.